The largest absolute Gasteiger partial charge is 0.356 e. The zero-order chi connectivity index (χ0) is 26.2. The molecular weight excluding hydrogens is 525 g/mol. The van der Waals surface area contributed by atoms with Crippen molar-refractivity contribution in [3.63, 3.8) is 0 Å². The molecule has 2 bridgehead atoms. The molecule has 0 radical (unpaired) electrons. The maximum atomic E-state index is 13.5. The van der Waals surface area contributed by atoms with Gasteiger partial charge in [0.1, 0.15) is 0 Å². The molecule has 4 aromatic rings. The summed E-state index contributed by atoms with van der Waals surface area (Å²) in [5.74, 6) is 0.265. The molecule has 11 heteroatoms. The van der Waals surface area contributed by atoms with Gasteiger partial charge in [-0.1, -0.05) is 40.6 Å². The van der Waals surface area contributed by atoms with Gasteiger partial charge >= 0.3 is 0 Å². The number of benzene rings is 1. The first-order chi connectivity index (χ1) is 18.5. The van der Waals surface area contributed by atoms with E-state index in [-0.39, 0.29) is 34.5 Å². The lowest BCUT2D eigenvalue weighted by Crippen LogP contribution is -2.26. The molecule has 0 saturated heterocycles. The number of hydrogen-bond donors (Lipinski definition) is 1. The molecule has 2 aliphatic rings. The quantitative estimate of drug-likeness (QED) is 0.382. The lowest BCUT2D eigenvalue weighted by molar-refractivity contribution is -0.122. The lowest BCUT2D eigenvalue weighted by Gasteiger charge is -2.19. The third kappa shape index (κ3) is 4.87. The summed E-state index contributed by atoms with van der Waals surface area (Å²) >= 11 is 12.3. The van der Waals surface area contributed by atoms with E-state index in [1.807, 2.05) is 24.3 Å². The average molecular weight is 548 g/mol. The number of halogens is 2. The Labute approximate surface area is 228 Å². The van der Waals surface area contributed by atoms with Crippen molar-refractivity contribution < 1.29 is 4.79 Å². The summed E-state index contributed by atoms with van der Waals surface area (Å²) in [6.45, 7) is 0.591. The van der Waals surface area contributed by atoms with E-state index in [1.165, 1.54) is 10.7 Å². The summed E-state index contributed by atoms with van der Waals surface area (Å²) in [7, 11) is 0. The fourth-order valence-electron chi connectivity index (χ4n) is 4.93. The van der Waals surface area contributed by atoms with E-state index in [0.717, 1.165) is 24.1 Å². The maximum absolute atomic E-state index is 13.5. The number of pyridine rings is 1. The van der Waals surface area contributed by atoms with Gasteiger partial charge < -0.3 is 5.32 Å². The minimum Gasteiger partial charge on any atom is -0.356 e. The van der Waals surface area contributed by atoms with Crippen LogP contribution in [0.15, 0.2) is 72.1 Å². The molecule has 0 spiro atoms. The van der Waals surface area contributed by atoms with Gasteiger partial charge in [0.15, 0.2) is 5.15 Å². The van der Waals surface area contributed by atoms with E-state index in [0.29, 0.717) is 34.9 Å². The average Bonchev–Trinajstić information content (AvgIpc) is 3.61. The number of allylic oxidation sites excluding steroid dienone is 1. The summed E-state index contributed by atoms with van der Waals surface area (Å²) in [6.07, 6.45) is 11.0. The Balaban J connectivity index is 1.39. The number of aromatic nitrogens is 6. The predicted octanol–water partition coefficient (Wildman–Crippen LogP) is 4.35. The van der Waals surface area contributed by atoms with Crippen LogP contribution in [-0.4, -0.2) is 42.0 Å². The molecule has 3 atom stereocenters. The van der Waals surface area contributed by atoms with E-state index in [2.05, 4.69) is 25.6 Å². The number of carbonyl (C=O) groups excluding carboxylic acids is 1. The molecule has 9 nitrogen and oxygen atoms in total. The predicted molar refractivity (Wildman–Crippen MR) is 143 cm³/mol. The molecule has 6 rings (SSSR count). The van der Waals surface area contributed by atoms with Crippen LogP contribution >= 0.6 is 23.2 Å². The van der Waals surface area contributed by atoms with Crippen molar-refractivity contribution in [1.82, 2.24) is 34.8 Å². The third-order valence-electron chi connectivity index (χ3n) is 6.96. The first kappa shape index (κ1) is 24.5. The molecule has 1 amide bonds. The monoisotopic (exact) mass is 547 g/mol. The van der Waals surface area contributed by atoms with Crippen molar-refractivity contribution in [2.75, 3.05) is 6.54 Å². The molecule has 1 saturated carbocycles. The van der Waals surface area contributed by atoms with Crippen LogP contribution in [0.4, 0.5) is 0 Å². The van der Waals surface area contributed by atoms with E-state index < -0.39 is 0 Å². The Morgan fingerprint density at radius 1 is 1.00 bits per heavy atom. The van der Waals surface area contributed by atoms with Crippen LogP contribution in [0.2, 0.25) is 10.2 Å². The smallest absolute Gasteiger partial charge is 0.254 e. The Morgan fingerprint density at radius 2 is 1.89 bits per heavy atom. The van der Waals surface area contributed by atoms with Crippen LogP contribution in [-0.2, 0) is 4.79 Å². The van der Waals surface area contributed by atoms with Crippen LogP contribution < -0.4 is 10.9 Å². The van der Waals surface area contributed by atoms with E-state index >= 15 is 0 Å². The maximum Gasteiger partial charge on any atom is 0.254 e. The van der Waals surface area contributed by atoms with E-state index in [1.54, 1.807) is 41.5 Å². The zero-order valence-electron chi connectivity index (χ0n) is 20.2. The first-order valence-electron chi connectivity index (χ1n) is 12.3. The summed E-state index contributed by atoms with van der Waals surface area (Å²) < 4.78 is 3.12. The van der Waals surface area contributed by atoms with Gasteiger partial charge in [-0.3, -0.25) is 19.1 Å². The highest BCUT2D eigenvalue weighted by molar-refractivity contribution is 6.31. The molecular formula is C27H23Cl2N7O2. The van der Waals surface area contributed by atoms with Crippen molar-refractivity contribution in [2.24, 2.45) is 5.92 Å². The van der Waals surface area contributed by atoms with E-state index in [9.17, 15) is 9.59 Å². The summed E-state index contributed by atoms with van der Waals surface area (Å²) in [6, 6.07) is 10.3. The molecule has 38 heavy (non-hydrogen) atoms. The number of rotatable bonds is 3. The summed E-state index contributed by atoms with van der Waals surface area (Å²) in [5.41, 5.74) is 3.30. The lowest BCUT2D eigenvalue weighted by atomic mass is 10.0. The second-order valence-electron chi connectivity index (χ2n) is 9.43. The summed E-state index contributed by atoms with van der Waals surface area (Å²) in [4.78, 5) is 35.2. The Bertz CT molecular complexity index is 1610. The van der Waals surface area contributed by atoms with Gasteiger partial charge in [0, 0.05) is 35.3 Å². The Hall–Kier alpha value is -3.82. The molecule has 1 aliphatic heterocycles. The van der Waals surface area contributed by atoms with Crippen LogP contribution in [0.1, 0.15) is 42.5 Å². The Kier molecular flexibility index (Phi) is 6.55. The van der Waals surface area contributed by atoms with Crippen molar-refractivity contribution in [1.29, 1.82) is 0 Å². The SMILES string of the molecule is O=C1NCC/C=C\C[C@H](n2cnc(-c3cc(Cl)ccc3-n3cc(Cl)nn3)cc2=O)c2cc(ccn2)[C@H]2C[C@@H]12. The molecule has 0 unspecified atom stereocenters. The van der Waals surface area contributed by atoms with Crippen molar-refractivity contribution >= 4 is 29.1 Å². The molecule has 192 valence electrons. The van der Waals surface area contributed by atoms with Gasteiger partial charge in [-0.25, -0.2) is 9.67 Å². The topological polar surface area (TPSA) is 108 Å². The van der Waals surface area contributed by atoms with Gasteiger partial charge in [0.25, 0.3) is 5.56 Å². The molecule has 1 aromatic carbocycles. The number of fused-ring (bicyclic) bond motifs is 4. The third-order valence-corrected chi connectivity index (χ3v) is 7.36. The number of hydrogen-bond acceptors (Lipinski definition) is 6. The van der Waals surface area contributed by atoms with Crippen molar-refractivity contribution in [2.45, 2.75) is 31.2 Å². The normalized spacial score (nSPS) is 21.8. The number of nitrogens with zero attached hydrogens (tertiary/aromatic N) is 6. The first-order valence-corrected chi connectivity index (χ1v) is 13.1. The standard InChI is InChI=1S/C27H23Cl2N7O2/c28-17-5-6-23(36-14-25(29)33-34-36)20(11-17)21-13-26(37)35(15-32-21)24-4-2-1-3-8-31-27(38)19-12-18(19)16-7-9-30-22(24)10-16/h1-2,5-7,9-11,13-15,18-19,24H,3-4,8,12H2,(H,31,38)/b2-1-/t18-,19-,24+/m1/s1. The highest BCUT2D eigenvalue weighted by atomic mass is 35.5. The fraction of sp³-hybridized carbons (Fsp3) is 0.259. The molecule has 4 heterocycles. The van der Waals surface area contributed by atoms with Gasteiger partial charge in [-0.2, -0.15) is 0 Å². The van der Waals surface area contributed by atoms with Gasteiger partial charge in [0.2, 0.25) is 5.91 Å². The highest BCUT2D eigenvalue weighted by Crippen LogP contribution is 2.48. The van der Waals surface area contributed by atoms with Crippen LogP contribution in [0, 0.1) is 5.92 Å². The highest BCUT2D eigenvalue weighted by Gasteiger charge is 2.44. The number of amides is 1. The molecule has 1 N–H and O–H groups in total. The number of carbonyl (C=O) groups is 1. The minimum absolute atomic E-state index is 0.0103. The summed E-state index contributed by atoms with van der Waals surface area (Å²) in [5, 5.41) is 11.6. The zero-order valence-corrected chi connectivity index (χ0v) is 21.7. The van der Waals surface area contributed by atoms with Gasteiger partial charge in [-0.05, 0) is 61.1 Å². The van der Waals surface area contributed by atoms with Crippen LogP contribution in [0.5, 0.6) is 0 Å². The number of nitrogens with one attached hydrogen (secondary N) is 1. The molecule has 1 fully saturated rings. The van der Waals surface area contributed by atoms with Crippen LogP contribution in [0.3, 0.4) is 0 Å². The van der Waals surface area contributed by atoms with Gasteiger partial charge in [-0.15, -0.1) is 5.10 Å². The second kappa shape index (κ2) is 10.2. The molecule has 3 aromatic heterocycles. The molecule has 1 aliphatic carbocycles. The van der Waals surface area contributed by atoms with Gasteiger partial charge in [0.05, 0.1) is 35.6 Å². The minimum atomic E-state index is -0.352. The van der Waals surface area contributed by atoms with Crippen molar-refractivity contribution in [3.05, 3.63) is 99.1 Å². The van der Waals surface area contributed by atoms with Crippen molar-refractivity contribution in [3.8, 4) is 16.9 Å². The Morgan fingerprint density at radius 3 is 2.71 bits per heavy atom. The van der Waals surface area contributed by atoms with E-state index in [4.69, 9.17) is 23.2 Å². The van der Waals surface area contributed by atoms with Crippen LogP contribution in [0.25, 0.3) is 16.9 Å². The second-order valence-corrected chi connectivity index (χ2v) is 10.3. The fourth-order valence-corrected chi connectivity index (χ4v) is 5.23.